The quantitative estimate of drug-likeness (QED) is 0.231. The third-order valence-corrected chi connectivity index (χ3v) is 8.21. The highest BCUT2D eigenvalue weighted by atomic mass is 35.5. The molecule has 0 radical (unpaired) electrons. The predicted octanol–water partition coefficient (Wildman–Crippen LogP) is 3.34. The standard InChI is InChI=1S/C26H33ClF3N3O7S/c1-14(34)11-39-17-8-7-15(9-18(17)38-6)22(35)31-12-25(36,26(28,29)30)19-10-16-20(21(27)32-19)40-13-24(16,5)33-41(37)23(2,3)4/h7-10,14,33-34,36H,11-13H2,1-6H3,(H,31,35). The topological polar surface area (TPSA) is 145 Å². The van der Waals surface area contributed by atoms with Gasteiger partial charge in [0.1, 0.15) is 23.5 Å². The molecule has 1 aromatic heterocycles. The van der Waals surface area contributed by atoms with Crippen LogP contribution < -0.4 is 24.2 Å². The Bertz CT molecular complexity index is 1280. The third kappa shape index (κ3) is 7.12. The summed E-state index contributed by atoms with van der Waals surface area (Å²) < 4.78 is 74.2. The summed E-state index contributed by atoms with van der Waals surface area (Å²) in [6, 6.07) is 4.88. The molecular formula is C26H33ClF3N3O7S. The van der Waals surface area contributed by atoms with E-state index in [1.54, 1.807) is 27.7 Å². The van der Waals surface area contributed by atoms with Crippen LogP contribution in [0, 0.1) is 0 Å². The molecule has 4 N–H and O–H groups in total. The Balaban J connectivity index is 1.92. The van der Waals surface area contributed by atoms with Crippen LogP contribution in [0.2, 0.25) is 5.15 Å². The van der Waals surface area contributed by atoms with Gasteiger partial charge in [-0.15, -0.1) is 4.72 Å². The van der Waals surface area contributed by atoms with Gasteiger partial charge >= 0.3 is 6.18 Å². The van der Waals surface area contributed by atoms with E-state index >= 15 is 0 Å². The molecule has 15 heteroatoms. The summed E-state index contributed by atoms with van der Waals surface area (Å²) in [6.07, 6.45) is -6.07. The lowest BCUT2D eigenvalue weighted by atomic mass is 9.91. The lowest BCUT2D eigenvalue weighted by Crippen LogP contribution is -2.52. The van der Waals surface area contributed by atoms with Crippen LogP contribution in [0.5, 0.6) is 17.2 Å². The first kappa shape index (κ1) is 33.0. The van der Waals surface area contributed by atoms with Gasteiger partial charge in [0.05, 0.1) is 25.5 Å². The van der Waals surface area contributed by atoms with Crippen molar-refractivity contribution < 1.29 is 46.9 Å². The van der Waals surface area contributed by atoms with Gasteiger partial charge in [-0.05, 0) is 58.9 Å². The molecular weight excluding hydrogens is 591 g/mol. The number of benzene rings is 1. The summed E-state index contributed by atoms with van der Waals surface area (Å²) in [6.45, 7) is 6.79. The number of amides is 1. The Hall–Kier alpha value is -2.49. The Labute approximate surface area is 243 Å². The van der Waals surface area contributed by atoms with E-state index in [2.05, 4.69) is 15.0 Å². The largest absolute Gasteiger partial charge is 0.598 e. The molecule has 4 atom stereocenters. The summed E-state index contributed by atoms with van der Waals surface area (Å²) in [4.78, 5) is 16.6. The van der Waals surface area contributed by atoms with Gasteiger partial charge in [0.15, 0.2) is 22.4 Å². The highest BCUT2D eigenvalue weighted by Gasteiger charge is 2.57. The van der Waals surface area contributed by atoms with Crippen molar-refractivity contribution in [3.05, 3.63) is 46.2 Å². The van der Waals surface area contributed by atoms with Crippen LogP contribution in [0.1, 0.15) is 56.2 Å². The highest BCUT2D eigenvalue weighted by Crippen LogP contribution is 2.46. The molecule has 1 aliphatic rings. The predicted molar refractivity (Wildman–Crippen MR) is 146 cm³/mol. The van der Waals surface area contributed by atoms with Gasteiger partial charge in [0, 0.05) is 22.5 Å². The van der Waals surface area contributed by atoms with Gasteiger partial charge < -0.3 is 34.3 Å². The molecule has 0 saturated heterocycles. The minimum atomic E-state index is -5.29. The summed E-state index contributed by atoms with van der Waals surface area (Å²) in [5.74, 6) is -0.638. The number of fused-ring (bicyclic) bond motifs is 1. The zero-order valence-corrected chi connectivity index (χ0v) is 24.9. The number of aliphatic hydroxyl groups is 2. The average Bonchev–Trinajstić information content (AvgIpc) is 3.20. The van der Waals surface area contributed by atoms with Crippen LogP contribution in [0.3, 0.4) is 0 Å². The Morgan fingerprint density at radius 3 is 2.51 bits per heavy atom. The van der Waals surface area contributed by atoms with Crippen molar-refractivity contribution in [2.45, 2.75) is 62.8 Å². The molecule has 1 aromatic carbocycles. The number of hydrogen-bond donors (Lipinski definition) is 4. The maximum absolute atomic E-state index is 14.4. The first-order chi connectivity index (χ1) is 18.8. The van der Waals surface area contributed by atoms with E-state index < -0.39 is 62.8 Å². The summed E-state index contributed by atoms with van der Waals surface area (Å²) in [5, 5.41) is 22.0. The van der Waals surface area contributed by atoms with E-state index in [9.17, 15) is 32.7 Å². The minimum absolute atomic E-state index is 0.00474. The summed E-state index contributed by atoms with van der Waals surface area (Å²) >= 11 is 4.56. The number of ether oxygens (including phenoxy) is 3. The van der Waals surface area contributed by atoms with Gasteiger partial charge in [0.25, 0.3) is 5.91 Å². The fourth-order valence-electron chi connectivity index (χ4n) is 3.78. The molecule has 228 valence electrons. The number of aromatic nitrogens is 1. The summed E-state index contributed by atoms with van der Waals surface area (Å²) in [5.41, 5.74) is -5.72. The number of hydrogen-bond acceptors (Lipinski definition) is 9. The molecule has 2 heterocycles. The van der Waals surface area contributed by atoms with Gasteiger partial charge in [0.2, 0.25) is 5.60 Å². The average molecular weight is 624 g/mol. The fraction of sp³-hybridized carbons (Fsp3) is 0.538. The molecule has 0 bridgehead atoms. The van der Waals surface area contributed by atoms with Crippen molar-refractivity contribution in [3.8, 4) is 17.2 Å². The monoisotopic (exact) mass is 623 g/mol. The van der Waals surface area contributed by atoms with Gasteiger partial charge in [-0.25, -0.2) is 4.98 Å². The Morgan fingerprint density at radius 1 is 1.29 bits per heavy atom. The van der Waals surface area contributed by atoms with E-state index in [0.29, 0.717) is 0 Å². The molecule has 0 aliphatic carbocycles. The highest BCUT2D eigenvalue weighted by molar-refractivity contribution is 7.90. The van der Waals surface area contributed by atoms with Crippen LogP contribution in [-0.2, 0) is 22.5 Å². The van der Waals surface area contributed by atoms with Gasteiger partial charge in [-0.1, -0.05) is 11.6 Å². The maximum Gasteiger partial charge on any atom is 0.424 e. The second-order valence-corrected chi connectivity index (χ2v) is 13.2. The molecule has 10 nitrogen and oxygen atoms in total. The van der Waals surface area contributed by atoms with Crippen molar-refractivity contribution >= 4 is 28.9 Å². The van der Waals surface area contributed by atoms with E-state index in [4.69, 9.17) is 25.8 Å². The molecule has 2 aromatic rings. The molecule has 0 saturated carbocycles. The van der Waals surface area contributed by atoms with E-state index in [-0.39, 0.29) is 41.6 Å². The van der Waals surface area contributed by atoms with Crippen molar-refractivity contribution in [2.75, 3.05) is 26.9 Å². The lowest BCUT2D eigenvalue weighted by Gasteiger charge is -2.33. The second-order valence-electron chi connectivity index (χ2n) is 10.8. The number of halogens is 4. The normalized spacial score (nSPS) is 19.9. The number of nitrogens with one attached hydrogen (secondary N) is 2. The molecule has 0 fully saturated rings. The Kier molecular flexibility index (Phi) is 9.68. The van der Waals surface area contributed by atoms with Crippen LogP contribution in [0.15, 0.2) is 24.3 Å². The van der Waals surface area contributed by atoms with E-state index in [1.807, 2.05) is 0 Å². The number of carbonyl (C=O) groups excluding carboxylic acids is 1. The number of methoxy groups -OCH3 is 1. The molecule has 3 rings (SSSR count). The van der Waals surface area contributed by atoms with Crippen LogP contribution >= 0.6 is 11.6 Å². The molecule has 1 aliphatic heterocycles. The zero-order chi connectivity index (χ0) is 31.0. The number of rotatable bonds is 10. The van der Waals surface area contributed by atoms with Crippen molar-refractivity contribution in [1.82, 2.24) is 15.0 Å². The molecule has 0 spiro atoms. The second kappa shape index (κ2) is 12.0. The first-order valence-electron chi connectivity index (χ1n) is 12.4. The van der Waals surface area contributed by atoms with Crippen molar-refractivity contribution in [2.24, 2.45) is 0 Å². The Morgan fingerprint density at radius 2 is 1.95 bits per heavy atom. The van der Waals surface area contributed by atoms with Crippen LogP contribution in [0.4, 0.5) is 13.2 Å². The number of carbonyl (C=O) groups is 1. The van der Waals surface area contributed by atoms with E-state index in [0.717, 1.165) is 6.07 Å². The fourth-order valence-corrected chi connectivity index (χ4v) is 4.91. The summed E-state index contributed by atoms with van der Waals surface area (Å²) in [7, 11) is 1.31. The molecule has 4 unspecified atom stereocenters. The van der Waals surface area contributed by atoms with Crippen LogP contribution in [0.25, 0.3) is 0 Å². The number of pyridine rings is 1. The lowest BCUT2D eigenvalue weighted by molar-refractivity contribution is -0.265. The van der Waals surface area contributed by atoms with Gasteiger partial charge in [-0.2, -0.15) is 13.2 Å². The van der Waals surface area contributed by atoms with E-state index in [1.165, 1.54) is 32.2 Å². The maximum atomic E-state index is 14.4. The molecule has 41 heavy (non-hydrogen) atoms. The number of alkyl halides is 3. The van der Waals surface area contributed by atoms with Crippen LogP contribution in [-0.4, -0.2) is 69.6 Å². The molecule has 1 amide bonds. The zero-order valence-electron chi connectivity index (χ0n) is 23.3. The number of aliphatic hydroxyl groups excluding tert-OH is 1. The third-order valence-electron chi connectivity index (χ3n) is 6.21. The van der Waals surface area contributed by atoms with Crippen molar-refractivity contribution in [3.63, 3.8) is 0 Å². The van der Waals surface area contributed by atoms with Gasteiger partial charge in [-0.3, -0.25) is 4.79 Å². The number of nitrogens with zero attached hydrogens (tertiary/aromatic N) is 1. The first-order valence-corrected chi connectivity index (χ1v) is 14.0. The van der Waals surface area contributed by atoms with Crippen molar-refractivity contribution in [1.29, 1.82) is 0 Å². The minimum Gasteiger partial charge on any atom is -0.598 e. The smallest absolute Gasteiger partial charge is 0.424 e. The SMILES string of the molecule is COc1cc(C(=O)NCC(O)(c2cc3c(c(Cl)n2)OCC3(C)N[S+]([O-])C(C)(C)C)C(F)(F)F)ccc1OCC(C)O.